The normalized spacial score (nSPS) is 12.6. The molecule has 0 fully saturated rings. The van der Waals surface area contributed by atoms with E-state index in [9.17, 15) is 22.4 Å². The van der Waals surface area contributed by atoms with Crippen LogP contribution in [0, 0.1) is 5.82 Å². The first-order valence-electron chi connectivity index (χ1n) is 8.07. The summed E-state index contributed by atoms with van der Waals surface area (Å²) in [6.07, 6.45) is -0.339. The number of alkyl halides is 3. The van der Waals surface area contributed by atoms with Crippen LogP contribution in [-0.4, -0.2) is 15.8 Å². The van der Waals surface area contributed by atoms with Gasteiger partial charge in [-0.05, 0) is 42.0 Å². The Kier molecular flexibility index (Phi) is 5.30. The van der Waals surface area contributed by atoms with Gasteiger partial charge >= 0.3 is 6.18 Å². The Labute approximate surface area is 152 Å². The van der Waals surface area contributed by atoms with Gasteiger partial charge in [-0.25, -0.2) is 4.39 Å². The summed E-state index contributed by atoms with van der Waals surface area (Å²) in [6.45, 7) is 0. The topological polar surface area (TPSA) is 42.9 Å². The zero-order valence-electron chi connectivity index (χ0n) is 13.9. The summed E-state index contributed by atoms with van der Waals surface area (Å²) < 4.78 is 52.7. The lowest BCUT2D eigenvalue weighted by Gasteiger charge is -2.18. The van der Waals surface area contributed by atoms with Crippen molar-refractivity contribution >= 4 is 5.78 Å². The van der Waals surface area contributed by atoms with E-state index >= 15 is 0 Å². The van der Waals surface area contributed by atoms with Gasteiger partial charge in [-0.3, -0.25) is 14.8 Å². The molecule has 3 rings (SSSR count). The molecule has 138 valence electrons. The Morgan fingerprint density at radius 1 is 1.00 bits per heavy atom. The van der Waals surface area contributed by atoms with Crippen LogP contribution in [0.15, 0.2) is 67.1 Å². The molecule has 7 heteroatoms. The molecule has 3 aromatic rings. The molecule has 0 aliphatic rings. The Bertz CT molecular complexity index is 925. The summed E-state index contributed by atoms with van der Waals surface area (Å²) in [5, 5.41) is 0. The molecule has 0 unspecified atom stereocenters. The van der Waals surface area contributed by atoms with E-state index in [-0.39, 0.29) is 17.9 Å². The number of benzene rings is 1. The second kappa shape index (κ2) is 7.65. The quantitative estimate of drug-likeness (QED) is 0.464. The highest BCUT2D eigenvalue weighted by Gasteiger charge is 2.31. The average Bonchev–Trinajstić information content (AvgIpc) is 2.67. The standard InChI is InChI=1S/C20H14F4N2O/c21-17-4-2-10-26-19(17)16(11-18(27)14-3-1-9-25-12-14)13-5-7-15(8-6-13)20(22,23)24/h1-10,12,16H,11H2/t16-/m0/s1. The number of Topliss-reactive ketones (excluding diaryl/α,β-unsaturated/α-hetero) is 1. The molecule has 3 nitrogen and oxygen atoms in total. The van der Waals surface area contributed by atoms with Gasteiger partial charge in [0.25, 0.3) is 0 Å². The van der Waals surface area contributed by atoms with Crippen molar-refractivity contribution in [3.63, 3.8) is 0 Å². The number of pyridine rings is 2. The molecule has 0 spiro atoms. The molecule has 0 radical (unpaired) electrons. The first kappa shape index (κ1) is 18.7. The van der Waals surface area contributed by atoms with Gasteiger partial charge in [-0.1, -0.05) is 12.1 Å². The van der Waals surface area contributed by atoms with Crippen LogP contribution in [0.1, 0.15) is 39.5 Å². The van der Waals surface area contributed by atoms with Crippen molar-refractivity contribution in [1.82, 2.24) is 9.97 Å². The number of carbonyl (C=O) groups excluding carboxylic acids is 1. The Balaban J connectivity index is 1.98. The maximum Gasteiger partial charge on any atom is 0.416 e. The van der Waals surface area contributed by atoms with Crippen molar-refractivity contribution in [2.45, 2.75) is 18.5 Å². The third kappa shape index (κ3) is 4.36. The fourth-order valence-corrected chi connectivity index (χ4v) is 2.76. The average molecular weight is 374 g/mol. The van der Waals surface area contributed by atoms with Crippen molar-refractivity contribution in [2.24, 2.45) is 0 Å². The van der Waals surface area contributed by atoms with Crippen molar-refractivity contribution in [3.8, 4) is 0 Å². The first-order chi connectivity index (χ1) is 12.9. The van der Waals surface area contributed by atoms with Gasteiger partial charge in [-0.15, -0.1) is 0 Å². The minimum Gasteiger partial charge on any atom is -0.294 e. The van der Waals surface area contributed by atoms with Crippen LogP contribution in [0.2, 0.25) is 0 Å². The molecule has 27 heavy (non-hydrogen) atoms. The lowest BCUT2D eigenvalue weighted by molar-refractivity contribution is -0.137. The summed E-state index contributed by atoms with van der Waals surface area (Å²) >= 11 is 0. The maximum absolute atomic E-state index is 14.3. The highest BCUT2D eigenvalue weighted by Crippen LogP contribution is 2.33. The number of aromatic nitrogens is 2. The molecule has 0 amide bonds. The van der Waals surface area contributed by atoms with Crippen LogP contribution < -0.4 is 0 Å². The van der Waals surface area contributed by atoms with Crippen LogP contribution in [-0.2, 0) is 6.18 Å². The van der Waals surface area contributed by atoms with Crippen molar-refractivity contribution in [3.05, 3.63) is 95.3 Å². The number of hydrogen-bond acceptors (Lipinski definition) is 3. The van der Waals surface area contributed by atoms with E-state index in [0.29, 0.717) is 11.1 Å². The Morgan fingerprint density at radius 3 is 2.30 bits per heavy atom. The molecule has 1 atom stereocenters. The zero-order valence-corrected chi connectivity index (χ0v) is 13.9. The van der Waals surface area contributed by atoms with Crippen LogP contribution in [0.25, 0.3) is 0 Å². The highest BCUT2D eigenvalue weighted by molar-refractivity contribution is 5.96. The van der Waals surface area contributed by atoms with Gasteiger partial charge in [-0.2, -0.15) is 13.2 Å². The molecule has 0 aliphatic carbocycles. The smallest absolute Gasteiger partial charge is 0.294 e. The third-order valence-electron chi connectivity index (χ3n) is 4.13. The van der Waals surface area contributed by atoms with E-state index in [1.165, 1.54) is 42.9 Å². The van der Waals surface area contributed by atoms with Gasteiger partial charge < -0.3 is 0 Å². The second-order valence-corrected chi connectivity index (χ2v) is 5.91. The minimum absolute atomic E-state index is 0.00880. The number of ketones is 1. The fraction of sp³-hybridized carbons (Fsp3) is 0.150. The summed E-state index contributed by atoms with van der Waals surface area (Å²) in [6, 6.07) is 10.1. The van der Waals surface area contributed by atoms with Gasteiger partial charge in [0.2, 0.25) is 0 Å². The van der Waals surface area contributed by atoms with Crippen molar-refractivity contribution < 1.29 is 22.4 Å². The molecule has 0 N–H and O–H groups in total. The summed E-state index contributed by atoms with van der Waals surface area (Å²) in [4.78, 5) is 20.5. The Hall–Kier alpha value is -3.09. The van der Waals surface area contributed by atoms with E-state index < -0.39 is 23.5 Å². The van der Waals surface area contributed by atoms with Crippen LogP contribution >= 0.6 is 0 Å². The fourth-order valence-electron chi connectivity index (χ4n) is 2.76. The third-order valence-corrected chi connectivity index (χ3v) is 4.13. The van der Waals surface area contributed by atoms with Crippen LogP contribution in [0.3, 0.4) is 0 Å². The maximum atomic E-state index is 14.3. The monoisotopic (exact) mass is 374 g/mol. The molecular weight excluding hydrogens is 360 g/mol. The summed E-state index contributed by atoms with van der Waals surface area (Å²) in [7, 11) is 0. The number of rotatable bonds is 5. The lowest BCUT2D eigenvalue weighted by atomic mass is 9.88. The second-order valence-electron chi connectivity index (χ2n) is 5.91. The zero-order chi connectivity index (χ0) is 19.4. The summed E-state index contributed by atoms with van der Waals surface area (Å²) in [5.41, 5.74) is -0.0943. The van der Waals surface area contributed by atoms with Crippen LogP contribution in [0.4, 0.5) is 17.6 Å². The summed E-state index contributed by atoms with van der Waals surface area (Å²) in [5.74, 6) is -1.75. The van der Waals surface area contributed by atoms with E-state index in [1.807, 2.05) is 0 Å². The molecule has 0 saturated carbocycles. The lowest BCUT2D eigenvalue weighted by Crippen LogP contribution is -2.13. The minimum atomic E-state index is -4.48. The number of hydrogen-bond donors (Lipinski definition) is 0. The molecule has 2 heterocycles. The molecule has 0 saturated heterocycles. The number of carbonyl (C=O) groups is 1. The first-order valence-corrected chi connectivity index (χ1v) is 8.07. The predicted octanol–water partition coefficient (Wildman–Crippen LogP) is 5.04. The predicted molar refractivity (Wildman–Crippen MR) is 90.7 cm³/mol. The van der Waals surface area contributed by atoms with Crippen molar-refractivity contribution in [1.29, 1.82) is 0 Å². The molecule has 0 bridgehead atoms. The van der Waals surface area contributed by atoms with Gasteiger partial charge in [0.05, 0.1) is 11.3 Å². The SMILES string of the molecule is O=C(C[C@@H](c1ccc(C(F)(F)F)cc1)c1ncccc1F)c1cccnc1. The molecule has 0 aliphatic heterocycles. The van der Waals surface area contributed by atoms with Gasteiger partial charge in [0.1, 0.15) is 5.82 Å². The van der Waals surface area contributed by atoms with Crippen molar-refractivity contribution in [2.75, 3.05) is 0 Å². The molecule has 2 aromatic heterocycles. The molecule has 1 aromatic carbocycles. The van der Waals surface area contributed by atoms with E-state index in [2.05, 4.69) is 9.97 Å². The molecular formula is C20H14F4N2O. The largest absolute Gasteiger partial charge is 0.416 e. The van der Waals surface area contributed by atoms with E-state index in [0.717, 1.165) is 12.1 Å². The highest BCUT2D eigenvalue weighted by atomic mass is 19.4. The number of halogens is 4. The van der Waals surface area contributed by atoms with Gasteiger partial charge in [0.15, 0.2) is 5.78 Å². The van der Waals surface area contributed by atoms with E-state index in [1.54, 1.807) is 12.1 Å². The van der Waals surface area contributed by atoms with Gasteiger partial charge in [0, 0.05) is 36.5 Å². The number of nitrogens with zero attached hydrogens (tertiary/aromatic N) is 2. The van der Waals surface area contributed by atoms with Crippen LogP contribution in [0.5, 0.6) is 0 Å². The van der Waals surface area contributed by atoms with E-state index in [4.69, 9.17) is 0 Å². The Morgan fingerprint density at radius 2 is 1.70 bits per heavy atom.